The number of halogens is 2. The SMILES string of the molecule is CCNC(=NCCCN(C)c1ccccc1F)N1CCC(N2CCOCC2)C1.I. The zero-order valence-corrected chi connectivity index (χ0v) is 20.0. The smallest absolute Gasteiger partial charge is 0.193 e. The van der Waals surface area contributed by atoms with Gasteiger partial charge in [-0.25, -0.2) is 4.39 Å². The molecule has 0 bridgehead atoms. The van der Waals surface area contributed by atoms with Crippen LogP contribution in [0.3, 0.4) is 0 Å². The van der Waals surface area contributed by atoms with E-state index >= 15 is 0 Å². The Balaban J connectivity index is 0.00000300. The number of para-hydroxylation sites is 1. The van der Waals surface area contributed by atoms with Crippen molar-refractivity contribution in [1.29, 1.82) is 0 Å². The minimum atomic E-state index is -0.173. The average molecular weight is 519 g/mol. The second-order valence-corrected chi connectivity index (χ2v) is 7.50. The molecule has 6 nitrogen and oxygen atoms in total. The van der Waals surface area contributed by atoms with Crippen LogP contribution in [0.25, 0.3) is 0 Å². The zero-order valence-electron chi connectivity index (χ0n) is 17.6. The van der Waals surface area contributed by atoms with Gasteiger partial charge in [-0.3, -0.25) is 9.89 Å². The zero-order chi connectivity index (χ0) is 19.8. The molecule has 0 aliphatic carbocycles. The third-order valence-corrected chi connectivity index (χ3v) is 5.54. The number of aliphatic imine (C=N–C) groups is 1. The van der Waals surface area contributed by atoms with Crippen LogP contribution in [0.1, 0.15) is 19.8 Å². The van der Waals surface area contributed by atoms with Crippen LogP contribution in [0.5, 0.6) is 0 Å². The first kappa shape index (κ1) is 24.1. The first-order chi connectivity index (χ1) is 13.7. The number of hydrogen-bond acceptors (Lipinski definition) is 4. The van der Waals surface area contributed by atoms with Gasteiger partial charge in [0.1, 0.15) is 5.82 Å². The van der Waals surface area contributed by atoms with Crippen LogP contribution in [-0.4, -0.2) is 87.9 Å². The van der Waals surface area contributed by atoms with Gasteiger partial charge in [0.25, 0.3) is 0 Å². The van der Waals surface area contributed by atoms with Crippen molar-refractivity contribution in [3.8, 4) is 0 Å². The van der Waals surface area contributed by atoms with E-state index in [9.17, 15) is 4.39 Å². The molecule has 0 radical (unpaired) electrons. The van der Waals surface area contributed by atoms with Gasteiger partial charge in [-0.05, 0) is 31.9 Å². The molecule has 0 saturated carbocycles. The largest absolute Gasteiger partial charge is 0.379 e. The van der Waals surface area contributed by atoms with E-state index in [4.69, 9.17) is 9.73 Å². The van der Waals surface area contributed by atoms with Gasteiger partial charge < -0.3 is 19.9 Å². The van der Waals surface area contributed by atoms with Crippen LogP contribution in [0, 0.1) is 5.82 Å². The molecule has 8 heteroatoms. The second kappa shape index (κ2) is 12.5. The molecule has 2 fully saturated rings. The van der Waals surface area contributed by atoms with Crippen molar-refractivity contribution in [2.75, 3.05) is 71.0 Å². The van der Waals surface area contributed by atoms with E-state index in [1.54, 1.807) is 6.07 Å². The van der Waals surface area contributed by atoms with Crippen LogP contribution in [0.2, 0.25) is 0 Å². The molecule has 3 rings (SSSR count). The van der Waals surface area contributed by atoms with Gasteiger partial charge in [0.2, 0.25) is 0 Å². The van der Waals surface area contributed by atoms with E-state index in [0.717, 1.165) is 71.4 Å². The molecule has 2 saturated heterocycles. The fraction of sp³-hybridized carbons (Fsp3) is 0.667. The Bertz CT molecular complexity index is 641. The molecular weight excluding hydrogens is 484 g/mol. The Morgan fingerprint density at radius 3 is 2.76 bits per heavy atom. The van der Waals surface area contributed by atoms with Crippen molar-refractivity contribution in [2.45, 2.75) is 25.8 Å². The molecule has 29 heavy (non-hydrogen) atoms. The fourth-order valence-corrected chi connectivity index (χ4v) is 3.98. The fourth-order valence-electron chi connectivity index (χ4n) is 3.98. The molecule has 2 aliphatic heterocycles. The molecule has 164 valence electrons. The number of anilines is 1. The lowest BCUT2D eigenvalue weighted by atomic mass is 10.2. The average Bonchev–Trinajstić information content (AvgIpc) is 3.21. The Labute approximate surface area is 191 Å². The quantitative estimate of drug-likeness (QED) is 0.260. The summed E-state index contributed by atoms with van der Waals surface area (Å²) < 4.78 is 19.4. The normalized spacial score (nSPS) is 20.4. The summed E-state index contributed by atoms with van der Waals surface area (Å²) in [6, 6.07) is 7.51. The summed E-state index contributed by atoms with van der Waals surface area (Å²) in [7, 11) is 1.93. The maximum Gasteiger partial charge on any atom is 0.193 e. The third-order valence-electron chi connectivity index (χ3n) is 5.54. The first-order valence-electron chi connectivity index (χ1n) is 10.5. The summed E-state index contributed by atoms with van der Waals surface area (Å²) in [5.74, 6) is 0.833. The molecule has 1 aromatic carbocycles. The molecular formula is C21H35FIN5O. The van der Waals surface area contributed by atoms with Crippen molar-refractivity contribution >= 4 is 35.6 Å². The lowest BCUT2D eigenvalue weighted by molar-refractivity contribution is 0.0195. The van der Waals surface area contributed by atoms with Gasteiger partial charge in [0.15, 0.2) is 5.96 Å². The van der Waals surface area contributed by atoms with Crippen LogP contribution < -0.4 is 10.2 Å². The number of morpholine rings is 1. The Morgan fingerprint density at radius 1 is 1.28 bits per heavy atom. The lowest BCUT2D eigenvalue weighted by Gasteiger charge is -2.32. The van der Waals surface area contributed by atoms with Crippen LogP contribution in [-0.2, 0) is 4.74 Å². The van der Waals surface area contributed by atoms with E-state index in [-0.39, 0.29) is 29.8 Å². The summed E-state index contributed by atoms with van der Waals surface area (Å²) in [6.45, 7) is 10.3. The highest BCUT2D eigenvalue weighted by Crippen LogP contribution is 2.18. The van der Waals surface area contributed by atoms with Crippen molar-refractivity contribution in [1.82, 2.24) is 15.1 Å². The number of ether oxygens (including phenoxy) is 1. The van der Waals surface area contributed by atoms with Gasteiger partial charge in [0, 0.05) is 58.9 Å². The van der Waals surface area contributed by atoms with Crippen molar-refractivity contribution in [3.05, 3.63) is 30.1 Å². The highest BCUT2D eigenvalue weighted by molar-refractivity contribution is 14.0. The van der Waals surface area contributed by atoms with E-state index in [2.05, 4.69) is 22.0 Å². The lowest BCUT2D eigenvalue weighted by Crippen LogP contribution is -2.46. The summed E-state index contributed by atoms with van der Waals surface area (Å²) >= 11 is 0. The minimum absolute atomic E-state index is 0. The molecule has 1 atom stereocenters. The maximum atomic E-state index is 13.9. The van der Waals surface area contributed by atoms with E-state index in [1.807, 2.05) is 24.1 Å². The number of guanidine groups is 1. The third kappa shape index (κ3) is 6.96. The second-order valence-electron chi connectivity index (χ2n) is 7.50. The number of benzene rings is 1. The Morgan fingerprint density at radius 2 is 2.03 bits per heavy atom. The number of likely N-dealkylation sites (tertiary alicyclic amines) is 1. The van der Waals surface area contributed by atoms with Crippen molar-refractivity contribution in [2.24, 2.45) is 4.99 Å². The van der Waals surface area contributed by atoms with E-state index in [0.29, 0.717) is 11.7 Å². The number of hydrogen-bond donors (Lipinski definition) is 1. The molecule has 0 amide bonds. The standard InChI is InChI=1S/C21H34FN5O.HI/c1-3-23-21(27-12-9-18(17-27)26-13-15-28-16-14-26)24-10-6-11-25(2)20-8-5-4-7-19(20)22;/h4-5,7-8,18H,3,6,9-17H2,1-2H3,(H,23,24);1H. The van der Waals surface area contributed by atoms with Gasteiger partial charge >= 0.3 is 0 Å². The van der Waals surface area contributed by atoms with E-state index in [1.165, 1.54) is 12.5 Å². The predicted octanol–water partition coefficient (Wildman–Crippen LogP) is 2.64. The molecule has 0 aromatic heterocycles. The molecule has 0 spiro atoms. The molecule has 1 unspecified atom stereocenters. The van der Waals surface area contributed by atoms with Gasteiger partial charge in [-0.1, -0.05) is 12.1 Å². The van der Waals surface area contributed by atoms with Gasteiger partial charge in [-0.15, -0.1) is 24.0 Å². The van der Waals surface area contributed by atoms with Crippen LogP contribution in [0.4, 0.5) is 10.1 Å². The van der Waals surface area contributed by atoms with Crippen molar-refractivity contribution in [3.63, 3.8) is 0 Å². The van der Waals surface area contributed by atoms with Gasteiger partial charge in [0.05, 0.1) is 18.9 Å². The summed E-state index contributed by atoms with van der Waals surface area (Å²) in [5, 5.41) is 3.44. The number of nitrogens with zero attached hydrogens (tertiary/aromatic N) is 4. The summed E-state index contributed by atoms with van der Waals surface area (Å²) in [5.41, 5.74) is 0.645. The summed E-state index contributed by atoms with van der Waals surface area (Å²) in [4.78, 5) is 11.7. The van der Waals surface area contributed by atoms with Crippen LogP contribution >= 0.6 is 24.0 Å². The predicted molar refractivity (Wildman–Crippen MR) is 128 cm³/mol. The monoisotopic (exact) mass is 519 g/mol. The van der Waals surface area contributed by atoms with Crippen molar-refractivity contribution < 1.29 is 9.13 Å². The molecule has 1 aromatic rings. The topological polar surface area (TPSA) is 43.3 Å². The highest BCUT2D eigenvalue weighted by atomic mass is 127. The maximum absolute atomic E-state index is 13.9. The first-order valence-corrected chi connectivity index (χ1v) is 10.5. The Kier molecular flexibility index (Phi) is 10.4. The molecule has 2 aliphatic rings. The number of nitrogens with one attached hydrogen (secondary N) is 1. The van der Waals surface area contributed by atoms with Crippen LogP contribution in [0.15, 0.2) is 29.3 Å². The summed E-state index contributed by atoms with van der Waals surface area (Å²) in [6.07, 6.45) is 2.07. The van der Waals surface area contributed by atoms with Gasteiger partial charge in [-0.2, -0.15) is 0 Å². The number of rotatable bonds is 7. The molecule has 2 heterocycles. The molecule has 1 N–H and O–H groups in total. The highest BCUT2D eigenvalue weighted by Gasteiger charge is 2.30. The minimum Gasteiger partial charge on any atom is -0.379 e. The Hall–Kier alpha value is -1.13. The van der Waals surface area contributed by atoms with E-state index < -0.39 is 0 Å².